The van der Waals surface area contributed by atoms with Crippen LogP contribution in [0.2, 0.25) is 0 Å². The second-order valence-corrected chi connectivity index (χ2v) is 5.76. The third-order valence-corrected chi connectivity index (χ3v) is 3.93. The van der Waals surface area contributed by atoms with Crippen LogP contribution < -0.4 is 5.43 Å². The molecule has 0 saturated heterocycles. The van der Waals surface area contributed by atoms with E-state index in [9.17, 15) is 14.3 Å². The van der Waals surface area contributed by atoms with Crippen LogP contribution in [0.1, 0.15) is 15.9 Å². The van der Waals surface area contributed by atoms with Crippen molar-refractivity contribution in [3.05, 3.63) is 70.1 Å². The van der Waals surface area contributed by atoms with E-state index in [1.165, 1.54) is 30.5 Å². The number of nitrogens with zero attached hydrogens (tertiary/aromatic N) is 2. The number of carbonyl (C=O) groups is 1. The standard InChI is InChI=1S/C17H11BrFN3O2/c18-14-8-11(13-2-1-7-20-15(13)16(14)23)9-21-22-17(24)10-3-5-12(19)6-4-10/h1-9,23H,(H,22,24)/b21-9-. The zero-order valence-corrected chi connectivity index (χ0v) is 13.8. The van der Waals surface area contributed by atoms with Crippen LogP contribution in [-0.2, 0) is 0 Å². The molecular formula is C17H11BrFN3O2. The molecule has 0 aliphatic carbocycles. The number of amides is 1. The van der Waals surface area contributed by atoms with E-state index in [1.807, 2.05) is 0 Å². The van der Waals surface area contributed by atoms with Gasteiger partial charge in [0.1, 0.15) is 11.3 Å². The molecule has 120 valence electrons. The molecule has 0 aliphatic rings. The number of hydrogen-bond acceptors (Lipinski definition) is 4. The van der Waals surface area contributed by atoms with Gasteiger partial charge in [0.05, 0.1) is 10.7 Å². The lowest BCUT2D eigenvalue weighted by molar-refractivity contribution is 0.0955. The van der Waals surface area contributed by atoms with Crippen molar-refractivity contribution in [2.24, 2.45) is 5.10 Å². The largest absolute Gasteiger partial charge is 0.505 e. The number of phenols is 1. The van der Waals surface area contributed by atoms with Crippen molar-refractivity contribution in [2.75, 3.05) is 0 Å². The Balaban J connectivity index is 1.85. The SMILES string of the molecule is O=C(N/N=C\c1cc(Br)c(O)c2ncccc12)c1ccc(F)cc1. The van der Waals surface area contributed by atoms with Crippen LogP contribution in [0.5, 0.6) is 5.75 Å². The Morgan fingerprint density at radius 2 is 2.04 bits per heavy atom. The Bertz CT molecular complexity index is 942. The lowest BCUT2D eigenvalue weighted by atomic mass is 10.1. The number of aromatic hydroxyl groups is 1. The molecule has 0 saturated carbocycles. The lowest BCUT2D eigenvalue weighted by Crippen LogP contribution is -2.17. The normalized spacial score (nSPS) is 11.1. The Morgan fingerprint density at radius 3 is 2.79 bits per heavy atom. The highest BCUT2D eigenvalue weighted by molar-refractivity contribution is 9.10. The molecule has 0 radical (unpaired) electrons. The van der Waals surface area contributed by atoms with Crippen LogP contribution in [0.15, 0.2) is 58.2 Å². The minimum atomic E-state index is -0.452. The van der Waals surface area contributed by atoms with Crippen LogP contribution in [-0.4, -0.2) is 22.2 Å². The predicted molar refractivity (Wildman–Crippen MR) is 92.6 cm³/mol. The number of phenolic OH excluding ortho intramolecular Hbond substituents is 1. The van der Waals surface area contributed by atoms with E-state index in [-0.39, 0.29) is 5.75 Å². The van der Waals surface area contributed by atoms with E-state index < -0.39 is 11.7 Å². The average Bonchev–Trinajstić information content (AvgIpc) is 2.59. The van der Waals surface area contributed by atoms with Gasteiger partial charge in [-0.15, -0.1) is 0 Å². The topological polar surface area (TPSA) is 74.6 Å². The molecule has 2 aromatic carbocycles. The number of benzene rings is 2. The van der Waals surface area contributed by atoms with Crippen molar-refractivity contribution in [1.82, 2.24) is 10.4 Å². The van der Waals surface area contributed by atoms with Crippen molar-refractivity contribution in [3.8, 4) is 5.75 Å². The zero-order valence-electron chi connectivity index (χ0n) is 12.2. The van der Waals surface area contributed by atoms with Gasteiger partial charge in [-0.1, -0.05) is 6.07 Å². The Morgan fingerprint density at radius 1 is 1.29 bits per heavy atom. The number of rotatable bonds is 3. The van der Waals surface area contributed by atoms with E-state index in [0.29, 0.717) is 26.5 Å². The first-order chi connectivity index (χ1) is 11.6. The monoisotopic (exact) mass is 387 g/mol. The summed E-state index contributed by atoms with van der Waals surface area (Å²) in [6, 6.07) is 10.4. The molecule has 5 nitrogen and oxygen atoms in total. The molecule has 0 unspecified atom stereocenters. The van der Waals surface area contributed by atoms with Gasteiger partial charge in [0, 0.05) is 22.7 Å². The van der Waals surface area contributed by atoms with Gasteiger partial charge < -0.3 is 5.11 Å². The summed E-state index contributed by atoms with van der Waals surface area (Å²) in [6.07, 6.45) is 3.03. The van der Waals surface area contributed by atoms with E-state index in [4.69, 9.17) is 0 Å². The molecule has 1 amide bonds. The van der Waals surface area contributed by atoms with Crippen LogP contribution >= 0.6 is 15.9 Å². The van der Waals surface area contributed by atoms with Gasteiger partial charge in [0.2, 0.25) is 0 Å². The number of hydrazone groups is 1. The summed E-state index contributed by atoms with van der Waals surface area (Å²) in [5.41, 5.74) is 3.77. The first kappa shape index (κ1) is 16.1. The molecule has 3 aromatic rings. The molecule has 0 bridgehead atoms. The maximum Gasteiger partial charge on any atom is 0.271 e. The summed E-state index contributed by atoms with van der Waals surface area (Å²) in [5.74, 6) is -0.826. The fraction of sp³-hybridized carbons (Fsp3) is 0. The highest BCUT2D eigenvalue weighted by atomic mass is 79.9. The van der Waals surface area contributed by atoms with Crippen LogP contribution in [0.4, 0.5) is 4.39 Å². The second-order valence-electron chi connectivity index (χ2n) is 4.90. The lowest BCUT2D eigenvalue weighted by Gasteiger charge is -2.06. The summed E-state index contributed by atoms with van der Waals surface area (Å²) in [7, 11) is 0. The molecule has 1 heterocycles. The summed E-state index contributed by atoms with van der Waals surface area (Å²) in [4.78, 5) is 16.1. The molecule has 0 aliphatic heterocycles. The van der Waals surface area contributed by atoms with Crippen LogP contribution in [0.25, 0.3) is 10.9 Å². The Hall–Kier alpha value is -2.80. The minimum absolute atomic E-state index is 0.0399. The van der Waals surface area contributed by atoms with Gasteiger partial charge in [0.15, 0.2) is 5.75 Å². The maximum atomic E-state index is 12.9. The fourth-order valence-corrected chi connectivity index (χ4v) is 2.59. The van der Waals surface area contributed by atoms with Crippen molar-refractivity contribution in [3.63, 3.8) is 0 Å². The van der Waals surface area contributed by atoms with E-state index >= 15 is 0 Å². The Labute approximate surface area is 145 Å². The molecule has 0 fully saturated rings. The van der Waals surface area contributed by atoms with Crippen molar-refractivity contribution in [1.29, 1.82) is 0 Å². The molecule has 24 heavy (non-hydrogen) atoms. The number of nitrogens with one attached hydrogen (secondary N) is 1. The van der Waals surface area contributed by atoms with Gasteiger partial charge in [-0.2, -0.15) is 5.10 Å². The van der Waals surface area contributed by atoms with Gasteiger partial charge in [-0.25, -0.2) is 9.82 Å². The van der Waals surface area contributed by atoms with Crippen LogP contribution in [0.3, 0.4) is 0 Å². The van der Waals surface area contributed by atoms with Gasteiger partial charge >= 0.3 is 0 Å². The number of fused-ring (bicyclic) bond motifs is 1. The summed E-state index contributed by atoms with van der Waals surface area (Å²) in [6.45, 7) is 0. The second kappa shape index (κ2) is 6.76. The quantitative estimate of drug-likeness (QED) is 0.532. The number of hydrogen-bond donors (Lipinski definition) is 2. The van der Waals surface area contributed by atoms with E-state index in [1.54, 1.807) is 24.4 Å². The summed E-state index contributed by atoms with van der Waals surface area (Å²) >= 11 is 3.26. The predicted octanol–water partition coefficient (Wildman–Crippen LogP) is 3.61. The van der Waals surface area contributed by atoms with Crippen molar-refractivity contribution < 1.29 is 14.3 Å². The van der Waals surface area contributed by atoms with Gasteiger partial charge in [0.25, 0.3) is 5.91 Å². The van der Waals surface area contributed by atoms with E-state index in [2.05, 4.69) is 31.4 Å². The van der Waals surface area contributed by atoms with Gasteiger partial charge in [-0.3, -0.25) is 9.78 Å². The highest BCUT2D eigenvalue weighted by Gasteiger charge is 2.09. The molecule has 1 aromatic heterocycles. The first-order valence-corrected chi connectivity index (χ1v) is 7.71. The summed E-state index contributed by atoms with van der Waals surface area (Å²) < 4.78 is 13.3. The third-order valence-electron chi connectivity index (χ3n) is 3.33. The average molecular weight is 388 g/mol. The van der Waals surface area contributed by atoms with Gasteiger partial charge in [-0.05, 0) is 52.3 Å². The minimum Gasteiger partial charge on any atom is -0.505 e. The van der Waals surface area contributed by atoms with Crippen LogP contribution in [0, 0.1) is 5.82 Å². The smallest absolute Gasteiger partial charge is 0.271 e. The van der Waals surface area contributed by atoms with Crippen molar-refractivity contribution >= 4 is 39.0 Å². The maximum absolute atomic E-state index is 12.9. The molecule has 2 N–H and O–H groups in total. The number of pyridine rings is 1. The molecular weight excluding hydrogens is 377 g/mol. The first-order valence-electron chi connectivity index (χ1n) is 6.91. The Kier molecular flexibility index (Phi) is 4.52. The fourth-order valence-electron chi connectivity index (χ4n) is 2.16. The third kappa shape index (κ3) is 3.26. The molecule has 7 heteroatoms. The summed E-state index contributed by atoms with van der Waals surface area (Å²) in [5, 5.41) is 14.6. The molecule has 0 atom stereocenters. The van der Waals surface area contributed by atoms with Crippen molar-refractivity contribution in [2.45, 2.75) is 0 Å². The number of aromatic nitrogens is 1. The van der Waals surface area contributed by atoms with E-state index in [0.717, 1.165) is 0 Å². The zero-order chi connectivity index (χ0) is 17.1. The molecule has 3 rings (SSSR count). The highest BCUT2D eigenvalue weighted by Crippen LogP contribution is 2.32. The molecule has 0 spiro atoms. The number of halogens is 2. The number of carbonyl (C=O) groups excluding carboxylic acids is 1.